The molecule has 122 valence electrons. The SMILES string of the molecule is CCCNCc1cc(S(=O)(=O)NCC(C)C(C)(C)C)c[nH]1. The van der Waals surface area contributed by atoms with Crippen molar-refractivity contribution in [2.45, 2.75) is 52.5 Å². The van der Waals surface area contributed by atoms with Gasteiger partial charge in [-0.15, -0.1) is 0 Å². The van der Waals surface area contributed by atoms with E-state index in [2.05, 4.69) is 49.6 Å². The Hall–Kier alpha value is -0.850. The molecule has 1 rings (SSSR count). The predicted octanol–water partition coefficient (Wildman–Crippen LogP) is 2.47. The Balaban J connectivity index is 2.62. The Kier molecular flexibility index (Phi) is 6.43. The molecule has 0 aliphatic carbocycles. The first-order chi connectivity index (χ1) is 9.66. The maximum Gasteiger partial charge on any atom is 0.242 e. The topological polar surface area (TPSA) is 74.0 Å². The van der Waals surface area contributed by atoms with Crippen molar-refractivity contribution in [1.82, 2.24) is 15.0 Å². The van der Waals surface area contributed by atoms with Crippen LogP contribution in [0.3, 0.4) is 0 Å². The van der Waals surface area contributed by atoms with Crippen molar-refractivity contribution >= 4 is 10.0 Å². The summed E-state index contributed by atoms with van der Waals surface area (Å²) in [4.78, 5) is 3.31. The number of aromatic amines is 1. The summed E-state index contributed by atoms with van der Waals surface area (Å²) in [7, 11) is -3.43. The van der Waals surface area contributed by atoms with Crippen LogP contribution in [0.5, 0.6) is 0 Å². The molecule has 1 heterocycles. The lowest BCUT2D eigenvalue weighted by molar-refractivity contribution is 0.263. The average Bonchev–Trinajstić information content (AvgIpc) is 2.85. The Morgan fingerprint density at radius 3 is 2.57 bits per heavy atom. The molecule has 0 saturated heterocycles. The summed E-state index contributed by atoms with van der Waals surface area (Å²) in [5.41, 5.74) is 0.961. The van der Waals surface area contributed by atoms with E-state index in [1.54, 1.807) is 12.3 Å². The van der Waals surface area contributed by atoms with Gasteiger partial charge in [-0.05, 0) is 30.4 Å². The number of nitrogens with one attached hydrogen (secondary N) is 3. The number of aromatic nitrogens is 1. The van der Waals surface area contributed by atoms with Crippen molar-refractivity contribution in [3.63, 3.8) is 0 Å². The van der Waals surface area contributed by atoms with Gasteiger partial charge in [0.25, 0.3) is 0 Å². The molecule has 0 spiro atoms. The zero-order valence-corrected chi connectivity index (χ0v) is 14.6. The maximum atomic E-state index is 12.3. The van der Waals surface area contributed by atoms with Crippen LogP contribution in [0.1, 0.15) is 46.7 Å². The van der Waals surface area contributed by atoms with E-state index < -0.39 is 10.0 Å². The molecule has 1 aromatic rings. The van der Waals surface area contributed by atoms with E-state index >= 15 is 0 Å². The fourth-order valence-corrected chi connectivity index (χ4v) is 2.85. The first kappa shape index (κ1) is 18.2. The second-order valence-electron chi connectivity index (χ2n) is 6.66. The first-order valence-electron chi connectivity index (χ1n) is 7.54. The highest BCUT2D eigenvalue weighted by Gasteiger charge is 2.23. The van der Waals surface area contributed by atoms with Crippen LogP contribution >= 0.6 is 0 Å². The summed E-state index contributed by atoms with van der Waals surface area (Å²) in [5, 5.41) is 3.24. The minimum absolute atomic E-state index is 0.0793. The summed E-state index contributed by atoms with van der Waals surface area (Å²) in [6.45, 7) is 12.5. The first-order valence-corrected chi connectivity index (χ1v) is 9.03. The molecule has 0 amide bonds. The van der Waals surface area contributed by atoms with Gasteiger partial charge < -0.3 is 10.3 Å². The largest absolute Gasteiger partial charge is 0.363 e. The standard InChI is InChI=1S/C15H29N3O2S/c1-6-7-16-10-13-8-14(11-17-13)21(19,20)18-9-12(2)15(3,4)5/h8,11-12,16-18H,6-7,9-10H2,1-5H3. The second-order valence-corrected chi connectivity index (χ2v) is 8.42. The zero-order valence-electron chi connectivity index (χ0n) is 13.8. The summed E-state index contributed by atoms with van der Waals surface area (Å²) in [6, 6.07) is 1.69. The van der Waals surface area contributed by atoms with E-state index in [0.717, 1.165) is 18.7 Å². The highest BCUT2D eigenvalue weighted by Crippen LogP contribution is 2.24. The van der Waals surface area contributed by atoms with Crippen molar-refractivity contribution in [3.8, 4) is 0 Å². The lowest BCUT2D eigenvalue weighted by Crippen LogP contribution is -2.33. The van der Waals surface area contributed by atoms with E-state index in [4.69, 9.17) is 0 Å². The average molecular weight is 315 g/mol. The zero-order chi connectivity index (χ0) is 16.1. The highest BCUT2D eigenvalue weighted by atomic mass is 32.2. The van der Waals surface area contributed by atoms with Crippen LogP contribution in [-0.4, -0.2) is 26.5 Å². The van der Waals surface area contributed by atoms with Gasteiger partial charge in [-0.25, -0.2) is 13.1 Å². The van der Waals surface area contributed by atoms with Gasteiger partial charge in [0.15, 0.2) is 0 Å². The van der Waals surface area contributed by atoms with Crippen molar-refractivity contribution in [1.29, 1.82) is 0 Å². The monoisotopic (exact) mass is 315 g/mol. The van der Waals surface area contributed by atoms with E-state index in [0.29, 0.717) is 18.0 Å². The number of hydrogen-bond acceptors (Lipinski definition) is 3. The minimum Gasteiger partial charge on any atom is -0.363 e. The lowest BCUT2D eigenvalue weighted by atomic mass is 9.82. The Bertz CT molecular complexity index is 529. The van der Waals surface area contributed by atoms with E-state index in [1.165, 1.54) is 0 Å². The molecule has 3 N–H and O–H groups in total. The molecule has 0 bridgehead atoms. The molecule has 0 fully saturated rings. The van der Waals surface area contributed by atoms with Crippen LogP contribution in [0.25, 0.3) is 0 Å². The Morgan fingerprint density at radius 1 is 1.33 bits per heavy atom. The van der Waals surface area contributed by atoms with Gasteiger partial charge in [0.05, 0.1) is 4.90 Å². The van der Waals surface area contributed by atoms with Crippen LogP contribution in [0.4, 0.5) is 0 Å². The normalized spacial score (nSPS) is 14.3. The van der Waals surface area contributed by atoms with E-state index in [-0.39, 0.29) is 11.3 Å². The molecule has 1 aromatic heterocycles. The molecule has 0 aliphatic rings. The van der Waals surface area contributed by atoms with Gasteiger partial charge in [0.1, 0.15) is 0 Å². The van der Waals surface area contributed by atoms with Gasteiger partial charge >= 0.3 is 0 Å². The molecule has 1 atom stereocenters. The molecule has 0 saturated carbocycles. The van der Waals surface area contributed by atoms with Gasteiger partial charge in [0, 0.05) is 25.0 Å². The minimum atomic E-state index is -3.43. The van der Waals surface area contributed by atoms with Gasteiger partial charge in [-0.2, -0.15) is 0 Å². The van der Waals surface area contributed by atoms with Crippen LogP contribution in [0.15, 0.2) is 17.2 Å². The predicted molar refractivity (Wildman–Crippen MR) is 86.6 cm³/mol. The summed E-state index contributed by atoms with van der Waals surface area (Å²) in [6.07, 6.45) is 2.60. The van der Waals surface area contributed by atoms with Crippen LogP contribution in [-0.2, 0) is 16.6 Å². The molecule has 0 aliphatic heterocycles. The van der Waals surface area contributed by atoms with Gasteiger partial charge in [0.2, 0.25) is 10.0 Å². The molecule has 0 radical (unpaired) electrons. The summed E-state index contributed by atoms with van der Waals surface area (Å²) < 4.78 is 27.2. The fourth-order valence-electron chi connectivity index (χ4n) is 1.70. The lowest BCUT2D eigenvalue weighted by Gasteiger charge is -2.27. The van der Waals surface area contributed by atoms with Crippen LogP contribution in [0, 0.1) is 11.3 Å². The molecule has 0 aromatic carbocycles. The van der Waals surface area contributed by atoms with Crippen molar-refractivity contribution in [3.05, 3.63) is 18.0 Å². The van der Waals surface area contributed by atoms with Crippen molar-refractivity contribution in [2.24, 2.45) is 11.3 Å². The maximum absolute atomic E-state index is 12.3. The summed E-state index contributed by atoms with van der Waals surface area (Å²) in [5.74, 6) is 0.261. The summed E-state index contributed by atoms with van der Waals surface area (Å²) >= 11 is 0. The van der Waals surface area contributed by atoms with Crippen LogP contribution < -0.4 is 10.0 Å². The number of H-pyrrole nitrogens is 1. The van der Waals surface area contributed by atoms with Crippen molar-refractivity contribution < 1.29 is 8.42 Å². The molecular formula is C15H29N3O2S. The molecule has 5 nitrogen and oxygen atoms in total. The third kappa shape index (κ3) is 5.80. The van der Waals surface area contributed by atoms with E-state index in [1.807, 2.05) is 0 Å². The number of sulfonamides is 1. The third-order valence-corrected chi connectivity index (χ3v) is 5.23. The third-order valence-electron chi connectivity index (χ3n) is 3.83. The molecular weight excluding hydrogens is 286 g/mol. The van der Waals surface area contributed by atoms with Crippen molar-refractivity contribution in [2.75, 3.05) is 13.1 Å². The van der Waals surface area contributed by atoms with E-state index in [9.17, 15) is 8.42 Å². The number of rotatable bonds is 8. The molecule has 1 unspecified atom stereocenters. The Labute approximate surface area is 129 Å². The number of hydrogen-bond donors (Lipinski definition) is 3. The van der Waals surface area contributed by atoms with Gasteiger partial charge in [-0.1, -0.05) is 34.6 Å². The Morgan fingerprint density at radius 2 is 2.00 bits per heavy atom. The molecule has 21 heavy (non-hydrogen) atoms. The van der Waals surface area contributed by atoms with Crippen LogP contribution in [0.2, 0.25) is 0 Å². The quantitative estimate of drug-likeness (QED) is 0.645. The highest BCUT2D eigenvalue weighted by molar-refractivity contribution is 7.89. The van der Waals surface area contributed by atoms with Gasteiger partial charge in [-0.3, -0.25) is 0 Å². The fraction of sp³-hybridized carbons (Fsp3) is 0.733. The second kappa shape index (κ2) is 7.42. The smallest absolute Gasteiger partial charge is 0.242 e. The molecule has 6 heteroatoms.